The Balaban J connectivity index is 2.78. The summed E-state index contributed by atoms with van der Waals surface area (Å²) in [6.07, 6.45) is 1.82. The van der Waals surface area contributed by atoms with Crippen molar-refractivity contribution in [1.29, 1.82) is 0 Å². The molecule has 0 fully saturated rings. The maximum absolute atomic E-state index is 5.06. The molecule has 0 unspecified atom stereocenters. The molecule has 0 atom stereocenters. The highest BCUT2D eigenvalue weighted by molar-refractivity contribution is 9.10. The van der Waals surface area contributed by atoms with E-state index in [1.807, 2.05) is 19.2 Å². The molecule has 0 amide bonds. The van der Waals surface area contributed by atoms with Gasteiger partial charge in [0.1, 0.15) is 5.52 Å². The highest BCUT2D eigenvalue weighted by Crippen LogP contribution is 2.25. The van der Waals surface area contributed by atoms with Crippen LogP contribution in [0.3, 0.4) is 0 Å². The fourth-order valence-electron chi connectivity index (χ4n) is 1.22. The van der Waals surface area contributed by atoms with Gasteiger partial charge in [0.05, 0.1) is 17.1 Å². The minimum atomic E-state index is 0.602. The van der Waals surface area contributed by atoms with Gasteiger partial charge >= 0.3 is 0 Å². The maximum Gasteiger partial charge on any atom is 0.213 e. The first-order chi connectivity index (χ1) is 6.72. The Kier molecular flexibility index (Phi) is 2.37. The van der Waals surface area contributed by atoms with Crippen molar-refractivity contribution in [2.24, 2.45) is 0 Å². The lowest BCUT2D eigenvalue weighted by atomic mass is 10.2. The minimum Gasteiger partial charge on any atom is -0.481 e. The van der Waals surface area contributed by atoms with Crippen LogP contribution >= 0.6 is 15.9 Å². The van der Waals surface area contributed by atoms with Crippen molar-refractivity contribution >= 4 is 27.0 Å². The van der Waals surface area contributed by atoms with Crippen molar-refractivity contribution in [3.8, 4) is 5.88 Å². The van der Waals surface area contributed by atoms with Gasteiger partial charge in [-0.2, -0.15) is 0 Å². The molecule has 3 nitrogen and oxygen atoms in total. The molecule has 0 saturated heterocycles. The van der Waals surface area contributed by atoms with Crippen LogP contribution in [-0.4, -0.2) is 17.1 Å². The zero-order valence-electron chi connectivity index (χ0n) is 7.91. The highest BCUT2D eigenvalue weighted by Gasteiger charge is 2.05. The molecule has 2 rings (SSSR count). The van der Waals surface area contributed by atoms with E-state index >= 15 is 0 Å². The fraction of sp³-hybridized carbons (Fsp3) is 0.200. The molecule has 0 spiro atoms. The quantitative estimate of drug-likeness (QED) is 0.783. The molecule has 0 aliphatic rings. The van der Waals surface area contributed by atoms with E-state index in [-0.39, 0.29) is 0 Å². The number of rotatable bonds is 1. The SMILES string of the molecule is COc1ccc2ncc(C)c(Br)c2n1. The van der Waals surface area contributed by atoms with E-state index in [0.717, 1.165) is 21.1 Å². The fourth-order valence-corrected chi connectivity index (χ4v) is 1.62. The van der Waals surface area contributed by atoms with Crippen molar-refractivity contribution in [2.45, 2.75) is 6.92 Å². The third-order valence-corrected chi connectivity index (χ3v) is 3.01. The molecule has 0 aliphatic carbocycles. The van der Waals surface area contributed by atoms with Crippen LogP contribution in [0.2, 0.25) is 0 Å². The number of nitrogens with zero attached hydrogens (tertiary/aromatic N) is 2. The number of aryl methyl sites for hydroxylation is 1. The number of hydrogen-bond acceptors (Lipinski definition) is 3. The Morgan fingerprint density at radius 1 is 1.36 bits per heavy atom. The van der Waals surface area contributed by atoms with Gasteiger partial charge < -0.3 is 4.74 Å². The summed E-state index contributed by atoms with van der Waals surface area (Å²) in [6.45, 7) is 1.98. The van der Waals surface area contributed by atoms with E-state index in [9.17, 15) is 0 Å². The number of pyridine rings is 2. The van der Waals surface area contributed by atoms with Crippen molar-refractivity contribution in [3.05, 3.63) is 28.4 Å². The number of halogens is 1. The second-order valence-electron chi connectivity index (χ2n) is 2.98. The number of ether oxygens (including phenoxy) is 1. The van der Waals surface area contributed by atoms with Gasteiger partial charge in [0, 0.05) is 12.3 Å². The zero-order valence-corrected chi connectivity index (χ0v) is 9.50. The van der Waals surface area contributed by atoms with E-state index < -0.39 is 0 Å². The molecule has 0 aliphatic heterocycles. The van der Waals surface area contributed by atoms with Crippen molar-refractivity contribution in [2.75, 3.05) is 7.11 Å². The van der Waals surface area contributed by atoms with E-state index in [4.69, 9.17) is 4.74 Å². The van der Waals surface area contributed by atoms with Gasteiger partial charge in [-0.1, -0.05) is 0 Å². The molecule has 2 heterocycles. The summed E-state index contributed by atoms with van der Waals surface area (Å²) in [6, 6.07) is 3.70. The molecule has 0 saturated carbocycles. The van der Waals surface area contributed by atoms with Gasteiger partial charge in [0.25, 0.3) is 0 Å². The largest absolute Gasteiger partial charge is 0.481 e. The van der Waals surface area contributed by atoms with Gasteiger partial charge in [0.15, 0.2) is 0 Å². The lowest BCUT2D eigenvalue weighted by molar-refractivity contribution is 0.399. The second-order valence-corrected chi connectivity index (χ2v) is 3.77. The first-order valence-electron chi connectivity index (χ1n) is 4.18. The van der Waals surface area contributed by atoms with Gasteiger partial charge in [-0.05, 0) is 34.5 Å². The number of hydrogen-bond donors (Lipinski definition) is 0. The first-order valence-corrected chi connectivity index (χ1v) is 4.97. The molecule has 2 aromatic heterocycles. The lowest BCUT2D eigenvalue weighted by Crippen LogP contribution is -1.91. The van der Waals surface area contributed by atoms with Crippen LogP contribution in [0.1, 0.15) is 5.56 Å². The van der Waals surface area contributed by atoms with E-state index in [1.54, 1.807) is 13.2 Å². The molecular formula is C10H9BrN2O. The number of fused-ring (bicyclic) bond motifs is 1. The summed E-state index contributed by atoms with van der Waals surface area (Å²) in [5, 5.41) is 0. The molecule has 2 aromatic rings. The summed E-state index contributed by atoms with van der Waals surface area (Å²) in [5.41, 5.74) is 2.77. The van der Waals surface area contributed by atoms with Crippen LogP contribution in [0.15, 0.2) is 22.8 Å². The van der Waals surface area contributed by atoms with Crippen molar-refractivity contribution in [1.82, 2.24) is 9.97 Å². The summed E-state index contributed by atoms with van der Waals surface area (Å²) >= 11 is 3.49. The Morgan fingerprint density at radius 3 is 2.86 bits per heavy atom. The van der Waals surface area contributed by atoms with Gasteiger partial charge in [-0.3, -0.25) is 4.98 Å². The van der Waals surface area contributed by atoms with Crippen molar-refractivity contribution < 1.29 is 4.74 Å². The molecule has 14 heavy (non-hydrogen) atoms. The maximum atomic E-state index is 5.06. The second kappa shape index (κ2) is 3.53. The molecule has 0 N–H and O–H groups in total. The normalized spacial score (nSPS) is 10.5. The predicted octanol–water partition coefficient (Wildman–Crippen LogP) is 2.71. The Morgan fingerprint density at radius 2 is 2.14 bits per heavy atom. The van der Waals surface area contributed by atoms with Gasteiger partial charge in [-0.15, -0.1) is 0 Å². The monoisotopic (exact) mass is 252 g/mol. The molecule has 0 aromatic carbocycles. The third kappa shape index (κ3) is 1.46. The highest BCUT2D eigenvalue weighted by atomic mass is 79.9. The molecular weight excluding hydrogens is 244 g/mol. The van der Waals surface area contributed by atoms with Crippen LogP contribution in [-0.2, 0) is 0 Å². The minimum absolute atomic E-state index is 0.602. The van der Waals surface area contributed by atoms with Crippen LogP contribution in [0, 0.1) is 6.92 Å². The van der Waals surface area contributed by atoms with E-state index in [1.165, 1.54) is 0 Å². The number of methoxy groups -OCH3 is 1. The summed E-state index contributed by atoms with van der Waals surface area (Å²) in [7, 11) is 1.60. The topological polar surface area (TPSA) is 35.0 Å². The zero-order chi connectivity index (χ0) is 10.1. The van der Waals surface area contributed by atoms with Gasteiger partial charge in [-0.25, -0.2) is 4.98 Å². The molecule has 4 heteroatoms. The molecule has 0 bridgehead atoms. The molecule has 0 radical (unpaired) electrons. The van der Waals surface area contributed by atoms with Crippen LogP contribution < -0.4 is 4.74 Å². The average molecular weight is 253 g/mol. The van der Waals surface area contributed by atoms with Crippen LogP contribution in [0.5, 0.6) is 5.88 Å². The van der Waals surface area contributed by atoms with Crippen LogP contribution in [0.4, 0.5) is 0 Å². The van der Waals surface area contributed by atoms with E-state index in [0.29, 0.717) is 5.88 Å². The third-order valence-electron chi connectivity index (χ3n) is 2.01. The standard InChI is InChI=1S/C10H9BrN2O/c1-6-5-12-7-3-4-8(14-2)13-10(7)9(6)11/h3-5H,1-2H3. The summed E-state index contributed by atoms with van der Waals surface area (Å²) in [5.74, 6) is 0.602. The Bertz CT molecular complexity index is 485. The molecule has 72 valence electrons. The summed E-state index contributed by atoms with van der Waals surface area (Å²) < 4.78 is 6.03. The average Bonchev–Trinajstić information content (AvgIpc) is 2.23. The lowest BCUT2D eigenvalue weighted by Gasteiger charge is -2.04. The number of aromatic nitrogens is 2. The predicted molar refractivity (Wildman–Crippen MR) is 58.5 cm³/mol. The van der Waals surface area contributed by atoms with E-state index in [2.05, 4.69) is 25.9 Å². The van der Waals surface area contributed by atoms with Crippen molar-refractivity contribution in [3.63, 3.8) is 0 Å². The summed E-state index contributed by atoms with van der Waals surface area (Å²) in [4.78, 5) is 8.59. The Labute approximate surface area is 90.3 Å². The van der Waals surface area contributed by atoms with Gasteiger partial charge in [0.2, 0.25) is 5.88 Å². The first kappa shape index (κ1) is 9.40. The van der Waals surface area contributed by atoms with Crippen LogP contribution in [0.25, 0.3) is 11.0 Å². The Hall–Kier alpha value is -1.16. The smallest absolute Gasteiger partial charge is 0.213 e.